The first-order valence-electron chi connectivity index (χ1n) is 7.71. The summed E-state index contributed by atoms with van der Waals surface area (Å²) in [5, 5.41) is 15.3. The Bertz CT molecular complexity index is 738. The fourth-order valence-electron chi connectivity index (χ4n) is 2.27. The van der Waals surface area contributed by atoms with Gasteiger partial charge in [-0.1, -0.05) is 59.6 Å². The molecule has 0 saturated carbocycles. The average molecular weight is 381 g/mol. The Morgan fingerprint density at radius 2 is 1.76 bits per heavy atom. The predicted octanol–water partition coefficient (Wildman–Crippen LogP) is 3.61. The van der Waals surface area contributed by atoms with Gasteiger partial charge in [-0.05, 0) is 30.7 Å². The predicted molar refractivity (Wildman–Crippen MR) is 99.3 cm³/mol. The average Bonchev–Trinajstić information content (AvgIpc) is 2.59. The van der Waals surface area contributed by atoms with E-state index in [1.807, 2.05) is 30.3 Å². The molecule has 1 atom stereocenters. The molecule has 0 aliphatic rings. The molecule has 0 spiro atoms. The number of carboxylic acid groups (broad SMARTS) is 1. The molecule has 0 aromatic heterocycles. The molecule has 3 N–H and O–H groups in total. The van der Waals surface area contributed by atoms with E-state index in [0.717, 1.165) is 5.56 Å². The lowest BCUT2D eigenvalue weighted by Gasteiger charge is -2.15. The minimum atomic E-state index is -1.08. The Balaban J connectivity index is 1.88. The topological polar surface area (TPSA) is 78.4 Å². The van der Waals surface area contributed by atoms with Crippen molar-refractivity contribution in [2.45, 2.75) is 18.9 Å². The molecule has 0 fully saturated rings. The van der Waals surface area contributed by atoms with E-state index in [-0.39, 0.29) is 11.4 Å². The summed E-state index contributed by atoms with van der Waals surface area (Å²) in [6.45, 7) is 0.451. The molecule has 2 rings (SSSR count). The Morgan fingerprint density at radius 3 is 2.44 bits per heavy atom. The summed E-state index contributed by atoms with van der Waals surface area (Å²) < 4.78 is 0. The van der Waals surface area contributed by atoms with Gasteiger partial charge in [0.05, 0.1) is 22.2 Å². The van der Waals surface area contributed by atoms with Crippen LogP contribution in [0.2, 0.25) is 10.0 Å². The van der Waals surface area contributed by atoms with E-state index in [2.05, 4.69) is 10.6 Å². The maximum Gasteiger partial charge on any atom is 0.321 e. The molecular formula is C18H18Cl2N2O3. The van der Waals surface area contributed by atoms with Crippen molar-refractivity contribution in [2.24, 2.45) is 0 Å². The Labute approximate surface area is 156 Å². The van der Waals surface area contributed by atoms with Crippen LogP contribution in [-0.4, -0.2) is 29.6 Å². The van der Waals surface area contributed by atoms with E-state index in [4.69, 9.17) is 23.2 Å². The first-order valence-corrected chi connectivity index (χ1v) is 8.47. The van der Waals surface area contributed by atoms with Crippen LogP contribution in [0.1, 0.15) is 12.0 Å². The number of aliphatic carboxylic acids is 1. The quantitative estimate of drug-likeness (QED) is 0.653. The van der Waals surface area contributed by atoms with Gasteiger partial charge in [0.25, 0.3) is 0 Å². The fraction of sp³-hybridized carbons (Fsp3) is 0.222. The summed E-state index contributed by atoms with van der Waals surface area (Å²) in [5.74, 6) is -1.54. The van der Waals surface area contributed by atoms with Gasteiger partial charge in [-0.15, -0.1) is 0 Å². The number of amides is 1. The Hall–Kier alpha value is -2.08. The van der Waals surface area contributed by atoms with Crippen LogP contribution in [-0.2, 0) is 16.0 Å². The SMILES string of the molecule is O=C(C[C@@H](NCCc1ccccc1)C(=O)O)Nc1cccc(Cl)c1Cl. The van der Waals surface area contributed by atoms with Gasteiger partial charge < -0.3 is 15.7 Å². The van der Waals surface area contributed by atoms with Crippen LogP contribution >= 0.6 is 23.2 Å². The molecule has 5 nitrogen and oxygen atoms in total. The lowest BCUT2D eigenvalue weighted by atomic mass is 10.1. The van der Waals surface area contributed by atoms with Crippen molar-refractivity contribution in [3.8, 4) is 0 Å². The molecule has 0 aliphatic heterocycles. The zero-order valence-electron chi connectivity index (χ0n) is 13.3. The van der Waals surface area contributed by atoms with Gasteiger partial charge in [0.2, 0.25) is 5.91 Å². The van der Waals surface area contributed by atoms with Gasteiger partial charge in [0, 0.05) is 0 Å². The number of nitrogens with one attached hydrogen (secondary N) is 2. The molecule has 0 radical (unpaired) electrons. The lowest BCUT2D eigenvalue weighted by Crippen LogP contribution is -2.40. The van der Waals surface area contributed by atoms with E-state index in [9.17, 15) is 14.7 Å². The van der Waals surface area contributed by atoms with E-state index in [1.165, 1.54) is 0 Å². The summed E-state index contributed by atoms with van der Waals surface area (Å²) >= 11 is 11.9. The van der Waals surface area contributed by atoms with Crippen LogP contribution in [0.25, 0.3) is 0 Å². The second kappa shape index (κ2) is 9.42. The summed E-state index contributed by atoms with van der Waals surface area (Å²) in [6.07, 6.45) is 0.458. The largest absolute Gasteiger partial charge is 0.480 e. The molecule has 0 unspecified atom stereocenters. The maximum atomic E-state index is 12.1. The van der Waals surface area contributed by atoms with Crippen LogP contribution in [0.3, 0.4) is 0 Å². The number of anilines is 1. The van der Waals surface area contributed by atoms with Gasteiger partial charge >= 0.3 is 5.97 Å². The van der Waals surface area contributed by atoms with Crippen LogP contribution in [0.5, 0.6) is 0 Å². The molecule has 0 saturated heterocycles. The zero-order valence-corrected chi connectivity index (χ0v) is 14.8. The molecule has 1 amide bonds. The molecule has 0 bridgehead atoms. The van der Waals surface area contributed by atoms with Crippen LogP contribution in [0.4, 0.5) is 5.69 Å². The van der Waals surface area contributed by atoms with E-state index < -0.39 is 17.9 Å². The monoisotopic (exact) mass is 380 g/mol. The first kappa shape index (κ1) is 19.2. The highest BCUT2D eigenvalue weighted by Gasteiger charge is 2.21. The molecule has 132 valence electrons. The Morgan fingerprint density at radius 1 is 1.04 bits per heavy atom. The highest BCUT2D eigenvalue weighted by atomic mass is 35.5. The van der Waals surface area contributed by atoms with Crippen molar-refractivity contribution < 1.29 is 14.7 Å². The minimum absolute atomic E-state index is 0.215. The van der Waals surface area contributed by atoms with Crippen LogP contribution in [0, 0.1) is 0 Å². The van der Waals surface area contributed by atoms with Gasteiger partial charge in [-0.25, -0.2) is 0 Å². The van der Waals surface area contributed by atoms with Gasteiger partial charge in [-0.3, -0.25) is 9.59 Å². The van der Waals surface area contributed by atoms with Crippen molar-refractivity contribution in [3.05, 3.63) is 64.1 Å². The highest BCUT2D eigenvalue weighted by molar-refractivity contribution is 6.43. The maximum absolute atomic E-state index is 12.1. The summed E-state index contributed by atoms with van der Waals surface area (Å²) in [7, 11) is 0. The number of rotatable bonds is 8. The molecule has 7 heteroatoms. The van der Waals surface area contributed by atoms with Crippen LogP contribution < -0.4 is 10.6 Å². The molecule has 2 aromatic rings. The van der Waals surface area contributed by atoms with E-state index in [1.54, 1.807) is 18.2 Å². The molecule has 2 aromatic carbocycles. The molecular weight excluding hydrogens is 363 g/mol. The van der Waals surface area contributed by atoms with Crippen molar-refractivity contribution in [1.29, 1.82) is 0 Å². The molecule has 0 heterocycles. The fourth-order valence-corrected chi connectivity index (χ4v) is 2.62. The molecule has 0 aliphatic carbocycles. The standard InChI is InChI=1S/C18H18Cl2N2O3/c19-13-7-4-8-14(17(13)20)22-16(23)11-15(18(24)25)21-10-9-12-5-2-1-3-6-12/h1-8,15,21H,9-11H2,(H,22,23)(H,24,25)/t15-/m1/s1. The minimum Gasteiger partial charge on any atom is -0.480 e. The zero-order chi connectivity index (χ0) is 18.2. The van der Waals surface area contributed by atoms with E-state index >= 15 is 0 Å². The number of halogens is 2. The van der Waals surface area contributed by atoms with Crippen molar-refractivity contribution in [2.75, 3.05) is 11.9 Å². The van der Waals surface area contributed by atoms with Gasteiger partial charge in [0.15, 0.2) is 0 Å². The van der Waals surface area contributed by atoms with Gasteiger partial charge in [0.1, 0.15) is 6.04 Å². The molecule has 25 heavy (non-hydrogen) atoms. The third-order valence-corrected chi connectivity index (χ3v) is 4.38. The summed E-state index contributed by atoms with van der Waals surface area (Å²) in [5.41, 5.74) is 1.45. The van der Waals surface area contributed by atoms with Crippen molar-refractivity contribution >= 4 is 40.8 Å². The van der Waals surface area contributed by atoms with Crippen molar-refractivity contribution in [3.63, 3.8) is 0 Å². The number of carbonyl (C=O) groups is 2. The normalized spacial score (nSPS) is 11.8. The van der Waals surface area contributed by atoms with Crippen LogP contribution in [0.15, 0.2) is 48.5 Å². The smallest absolute Gasteiger partial charge is 0.321 e. The lowest BCUT2D eigenvalue weighted by molar-refractivity contribution is -0.141. The number of benzene rings is 2. The second-order valence-corrected chi connectivity index (χ2v) is 6.22. The van der Waals surface area contributed by atoms with Gasteiger partial charge in [-0.2, -0.15) is 0 Å². The third-order valence-electron chi connectivity index (χ3n) is 3.56. The van der Waals surface area contributed by atoms with Crippen molar-refractivity contribution in [1.82, 2.24) is 5.32 Å². The number of hydrogen-bond acceptors (Lipinski definition) is 3. The highest BCUT2D eigenvalue weighted by Crippen LogP contribution is 2.29. The third kappa shape index (κ3) is 6.05. The van der Waals surface area contributed by atoms with E-state index in [0.29, 0.717) is 23.7 Å². The number of carbonyl (C=O) groups excluding carboxylic acids is 1. The summed E-state index contributed by atoms with van der Waals surface area (Å²) in [6, 6.07) is 13.6. The first-order chi connectivity index (χ1) is 12.0. The second-order valence-electron chi connectivity index (χ2n) is 5.43. The summed E-state index contributed by atoms with van der Waals surface area (Å²) in [4.78, 5) is 23.5. The number of hydrogen-bond donors (Lipinski definition) is 3. The Kier molecular flexibility index (Phi) is 7.25. The number of carboxylic acids is 1.